The largest absolute Gasteiger partial charge is 0.506 e. The van der Waals surface area contributed by atoms with Crippen LogP contribution in [0, 0.1) is 0 Å². The third-order valence-corrected chi connectivity index (χ3v) is 4.85. The number of nitrogens with zero attached hydrogens (tertiary/aromatic N) is 1. The number of benzene rings is 2. The topological polar surface area (TPSA) is 137 Å². The van der Waals surface area contributed by atoms with Crippen molar-refractivity contribution in [1.29, 1.82) is 0 Å². The SMILES string of the molecule is COC(=O)NCCSc1cc(O)c2n[nH]c(C(=O)Nc3ccccc3)c2c1O. The molecule has 0 unspecified atom stereocenters. The second-order valence-corrected chi connectivity index (χ2v) is 6.79. The average Bonchev–Trinajstić information content (AvgIpc) is 3.15. The summed E-state index contributed by atoms with van der Waals surface area (Å²) in [5, 5.41) is 32.7. The Balaban J connectivity index is 1.84. The van der Waals surface area contributed by atoms with Gasteiger partial charge in [0.15, 0.2) is 0 Å². The number of ether oxygens (including phenoxy) is 1. The van der Waals surface area contributed by atoms with Gasteiger partial charge in [-0.15, -0.1) is 11.8 Å². The molecule has 9 nitrogen and oxygen atoms in total. The summed E-state index contributed by atoms with van der Waals surface area (Å²) in [6, 6.07) is 10.2. The van der Waals surface area contributed by atoms with Crippen LogP contribution in [0.4, 0.5) is 10.5 Å². The number of phenols is 2. The Kier molecular flexibility index (Phi) is 5.90. The molecule has 1 heterocycles. The van der Waals surface area contributed by atoms with Gasteiger partial charge in [-0.05, 0) is 18.2 Å². The Labute approximate surface area is 164 Å². The summed E-state index contributed by atoms with van der Waals surface area (Å²) in [6.45, 7) is 0.294. The number of carbonyl (C=O) groups excluding carboxylic acids is 2. The minimum absolute atomic E-state index is 0.0294. The number of amides is 2. The van der Waals surface area contributed by atoms with E-state index in [9.17, 15) is 19.8 Å². The standard InChI is InChI=1S/C18H18N4O5S/c1-27-18(26)19-7-8-28-12-9-11(23)14-13(16(12)24)15(22-21-14)17(25)20-10-5-3-2-4-6-10/h2-6,9,23-24H,7-8H2,1H3,(H,19,26)(H,20,25)(H,21,22). The number of carbonyl (C=O) groups is 2. The third-order valence-electron chi connectivity index (χ3n) is 3.82. The van der Waals surface area contributed by atoms with Crippen molar-refractivity contribution < 1.29 is 24.5 Å². The summed E-state index contributed by atoms with van der Waals surface area (Å²) in [5.74, 6) is -0.441. The van der Waals surface area contributed by atoms with E-state index < -0.39 is 12.0 Å². The highest BCUT2D eigenvalue weighted by atomic mass is 32.2. The lowest BCUT2D eigenvalue weighted by atomic mass is 10.1. The molecule has 0 spiro atoms. The van der Waals surface area contributed by atoms with Gasteiger partial charge in [0.05, 0.1) is 17.4 Å². The van der Waals surface area contributed by atoms with E-state index in [1.54, 1.807) is 24.3 Å². The first kappa shape index (κ1) is 19.4. The van der Waals surface area contributed by atoms with Crippen molar-refractivity contribution in [3.8, 4) is 11.5 Å². The van der Waals surface area contributed by atoms with Gasteiger partial charge in [-0.3, -0.25) is 9.89 Å². The van der Waals surface area contributed by atoms with Gasteiger partial charge < -0.3 is 25.6 Å². The Morgan fingerprint density at radius 1 is 1.25 bits per heavy atom. The van der Waals surface area contributed by atoms with Crippen LogP contribution in [-0.2, 0) is 4.74 Å². The van der Waals surface area contributed by atoms with Gasteiger partial charge in [0, 0.05) is 18.0 Å². The first-order valence-corrected chi connectivity index (χ1v) is 9.24. The van der Waals surface area contributed by atoms with E-state index in [-0.39, 0.29) is 28.1 Å². The minimum atomic E-state index is -0.558. The number of alkyl carbamates (subject to hydrolysis) is 1. The number of hydrogen-bond donors (Lipinski definition) is 5. The predicted molar refractivity (Wildman–Crippen MR) is 105 cm³/mol. The fraction of sp³-hybridized carbons (Fsp3) is 0.167. The summed E-state index contributed by atoms with van der Waals surface area (Å²) >= 11 is 1.20. The zero-order chi connectivity index (χ0) is 20.1. The number of H-pyrrole nitrogens is 1. The highest BCUT2D eigenvalue weighted by Gasteiger charge is 2.22. The molecular formula is C18H18N4O5S. The molecule has 0 aliphatic heterocycles. The van der Waals surface area contributed by atoms with Crippen LogP contribution >= 0.6 is 11.8 Å². The predicted octanol–water partition coefficient (Wildman–Crippen LogP) is 2.67. The van der Waals surface area contributed by atoms with E-state index >= 15 is 0 Å². The van der Waals surface area contributed by atoms with Crippen LogP contribution in [0.25, 0.3) is 10.9 Å². The molecule has 1 aromatic heterocycles. The molecule has 146 valence electrons. The normalized spacial score (nSPS) is 10.6. The van der Waals surface area contributed by atoms with Crippen LogP contribution in [0.2, 0.25) is 0 Å². The van der Waals surface area contributed by atoms with Crippen molar-refractivity contribution >= 4 is 40.4 Å². The lowest BCUT2D eigenvalue weighted by Gasteiger charge is -2.09. The number of thioether (sulfide) groups is 1. The molecule has 0 aliphatic rings. The molecule has 2 amide bonds. The third kappa shape index (κ3) is 4.12. The number of phenolic OH excluding ortho intramolecular Hbond substituents is 2. The molecule has 3 aromatic rings. The van der Waals surface area contributed by atoms with Crippen molar-refractivity contribution in [3.05, 3.63) is 42.1 Å². The van der Waals surface area contributed by atoms with Gasteiger partial charge in [0.1, 0.15) is 22.7 Å². The van der Waals surface area contributed by atoms with E-state index in [1.165, 1.54) is 24.9 Å². The molecule has 0 bridgehead atoms. The lowest BCUT2D eigenvalue weighted by Crippen LogP contribution is -2.25. The van der Waals surface area contributed by atoms with Crippen molar-refractivity contribution in [3.63, 3.8) is 0 Å². The number of anilines is 1. The number of hydrogen-bond acceptors (Lipinski definition) is 7. The maximum absolute atomic E-state index is 12.6. The van der Waals surface area contributed by atoms with Gasteiger partial charge in [-0.25, -0.2) is 4.79 Å². The molecule has 3 rings (SSSR count). The number of rotatable bonds is 6. The van der Waals surface area contributed by atoms with Gasteiger partial charge >= 0.3 is 6.09 Å². The second kappa shape index (κ2) is 8.53. The molecule has 0 saturated carbocycles. The van der Waals surface area contributed by atoms with Crippen molar-refractivity contribution in [2.75, 3.05) is 24.7 Å². The smallest absolute Gasteiger partial charge is 0.406 e. The molecule has 10 heteroatoms. The molecular weight excluding hydrogens is 384 g/mol. The van der Waals surface area contributed by atoms with E-state index in [2.05, 4.69) is 25.6 Å². The second-order valence-electron chi connectivity index (χ2n) is 5.65. The summed E-state index contributed by atoms with van der Waals surface area (Å²) in [6.07, 6.45) is -0.558. The number of aromatic nitrogens is 2. The van der Waals surface area contributed by atoms with Crippen molar-refractivity contribution in [1.82, 2.24) is 15.5 Å². The molecule has 28 heavy (non-hydrogen) atoms. The number of nitrogens with one attached hydrogen (secondary N) is 3. The van der Waals surface area contributed by atoms with E-state index in [0.29, 0.717) is 22.9 Å². The van der Waals surface area contributed by atoms with Crippen molar-refractivity contribution in [2.24, 2.45) is 0 Å². The first-order valence-electron chi connectivity index (χ1n) is 8.25. The number of methoxy groups -OCH3 is 1. The van der Waals surface area contributed by atoms with Crippen LogP contribution in [0.5, 0.6) is 11.5 Å². The first-order chi connectivity index (χ1) is 13.5. The van der Waals surface area contributed by atoms with Gasteiger partial charge in [0.2, 0.25) is 0 Å². The number of aromatic hydroxyl groups is 2. The molecule has 0 fully saturated rings. The zero-order valence-corrected chi connectivity index (χ0v) is 15.7. The quantitative estimate of drug-likeness (QED) is 0.243. The van der Waals surface area contributed by atoms with Crippen LogP contribution in [-0.4, -0.2) is 51.8 Å². The molecule has 5 N–H and O–H groups in total. The Hall–Kier alpha value is -3.40. The van der Waals surface area contributed by atoms with Crippen molar-refractivity contribution in [2.45, 2.75) is 4.90 Å². The fourth-order valence-corrected chi connectivity index (χ4v) is 3.38. The summed E-state index contributed by atoms with van der Waals surface area (Å²) in [5.41, 5.74) is 0.702. The lowest BCUT2D eigenvalue weighted by molar-refractivity contribution is 0.102. The maximum Gasteiger partial charge on any atom is 0.406 e. The molecule has 0 saturated heterocycles. The Morgan fingerprint density at radius 2 is 2.00 bits per heavy atom. The van der Waals surface area contributed by atoms with Gasteiger partial charge in [-0.2, -0.15) is 5.10 Å². The summed E-state index contributed by atoms with van der Waals surface area (Å²) < 4.78 is 4.48. The highest BCUT2D eigenvalue weighted by molar-refractivity contribution is 7.99. The summed E-state index contributed by atoms with van der Waals surface area (Å²) in [4.78, 5) is 24.0. The fourth-order valence-electron chi connectivity index (χ4n) is 2.52. The molecule has 0 atom stereocenters. The number of para-hydroxylation sites is 1. The minimum Gasteiger partial charge on any atom is -0.506 e. The van der Waals surface area contributed by atoms with Gasteiger partial charge in [0.25, 0.3) is 5.91 Å². The monoisotopic (exact) mass is 402 g/mol. The van der Waals surface area contributed by atoms with Gasteiger partial charge in [-0.1, -0.05) is 18.2 Å². The highest BCUT2D eigenvalue weighted by Crippen LogP contribution is 2.41. The van der Waals surface area contributed by atoms with Crippen LogP contribution in [0.15, 0.2) is 41.3 Å². The molecule has 0 radical (unpaired) electrons. The van der Waals surface area contributed by atoms with E-state index in [4.69, 9.17) is 0 Å². The maximum atomic E-state index is 12.6. The molecule has 2 aromatic carbocycles. The Morgan fingerprint density at radius 3 is 2.71 bits per heavy atom. The molecule has 0 aliphatic carbocycles. The van der Waals surface area contributed by atoms with Crippen LogP contribution in [0.3, 0.4) is 0 Å². The zero-order valence-electron chi connectivity index (χ0n) is 14.9. The number of aromatic amines is 1. The Bertz CT molecular complexity index is 1010. The van der Waals surface area contributed by atoms with E-state index in [1.807, 2.05) is 6.07 Å². The summed E-state index contributed by atoms with van der Waals surface area (Å²) in [7, 11) is 1.27. The van der Waals surface area contributed by atoms with Crippen LogP contribution < -0.4 is 10.6 Å². The van der Waals surface area contributed by atoms with Crippen LogP contribution in [0.1, 0.15) is 10.5 Å². The number of fused-ring (bicyclic) bond motifs is 1. The average molecular weight is 402 g/mol. The van der Waals surface area contributed by atoms with E-state index in [0.717, 1.165) is 0 Å².